The van der Waals surface area contributed by atoms with Gasteiger partial charge < -0.3 is 0 Å². The number of Topliss-reactive ketones (excluding diaryl/α,β-unsaturated/α-hetero) is 1. The highest BCUT2D eigenvalue weighted by molar-refractivity contribution is 9.10. The van der Waals surface area contributed by atoms with Crippen LogP contribution in [0.4, 0.5) is 0 Å². The lowest BCUT2D eigenvalue weighted by Gasteiger charge is -2.04. The first-order valence-electron chi connectivity index (χ1n) is 6.71. The summed E-state index contributed by atoms with van der Waals surface area (Å²) in [7, 11) is 0. The molecular formula is C18H17BrO. The van der Waals surface area contributed by atoms with Gasteiger partial charge in [0.1, 0.15) is 0 Å². The first kappa shape index (κ1) is 14.7. The van der Waals surface area contributed by atoms with Crippen LogP contribution in [0, 0.1) is 0 Å². The van der Waals surface area contributed by atoms with Crippen LogP contribution in [0.1, 0.15) is 29.6 Å². The van der Waals surface area contributed by atoms with Crippen LogP contribution in [-0.4, -0.2) is 5.78 Å². The number of hydrogen-bond donors (Lipinski definition) is 0. The van der Waals surface area contributed by atoms with Gasteiger partial charge in [0.2, 0.25) is 0 Å². The Morgan fingerprint density at radius 3 is 2.10 bits per heavy atom. The van der Waals surface area contributed by atoms with Crippen LogP contribution < -0.4 is 0 Å². The molecule has 0 saturated heterocycles. The van der Waals surface area contributed by atoms with Gasteiger partial charge in [-0.25, -0.2) is 0 Å². The van der Waals surface area contributed by atoms with Gasteiger partial charge in [-0.05, 0) is 36.1 Å². The van der Waals surface area contributed by atoms with Crippen molar-refractivity contribution in [1.82, 2.24) is 0 Å². The lowest BCUT2D eigenvalue weighted by atomic mass is 10.0. The summed E-state index contributed by atoms with van der Waals surface area (Å²) in [4.78, 5) is 12.0. The molecule has 0 spiro atoms. The molecule has 102 valence electrons. The zero-order chi connectivity index (χ0) is 14.4. The van der Waals surface area contributed by atoms with Crippen molar-refractivity contribution in [1.29, 1.82) is 0 Å². The molecule has 0 N–H and O–H groups in total. The number of hydrogen-bond acceptors (Lipinski definition) is 1. The Labute approximate surface area is 128 Å². The van der Waals surface area contributed by atoms with E-state index in [9.17, 15) is 4.79 Å². The zero-order valence-corrected chi connectivity index (χ0v) is 12.9. The van der Waals surface area contributed by atoms with Gasteiger partial charge in [0, 0.05) is 16.5 Å². The van der Waals surface area contributed by atoms with Crippen LogP contribution in [-0.2, 0) is 0 Å². The molecule has 2 heteroatoms. The maximum atomic E-state index is 12.0. The van der Waals surface area contributed by atoms with E-state index in [0.29, 0.717) is 6.42 Å². The largest absolute Gasteiger partial charge is 0.294 e. The molecule has 0 bridgehead atoms. The van der Waals surface area contributed by atoms with Gasteiger partial charge in [-0.15, -0.1) is 6.58 Å². The van der Waals surface area contributed by atoms with E-state index >= 15 is 0 Å². The van der Waals surface area contributed by atoms with Crippen molar-refractivity contribution in [2.75, 3.05) is 0 Å². The molecule has 0 aliphatic rings. The van der Waals surface area contributed by atoms with Gasteiger partial charge in [-0.3, -0.25) is 4.79 Å². The minimum absolute atomic E-state index is 0.203. The van der Waals surface area contributed by atoms with Crippen molar-refractivity contribution in [2.45, 2.75) is 19.3 Å². The highest BCUT2D eigenvalue weighted by Gasteiger charge is 2.05. The molecular weight excluding hydrogens is 312 g/mol. The van der Waals surface area contributed by atoms with Gasteiger partial charge in [-0.2, -0.15) is 0 Å². The van der Waals surface area contributed by atoms with Crippen LogP contribution in [0.15, 0.2) is 65.7 Å². The van der Waals surface area contributed by atoms with E-state index in [1.165, 1.54) is 0 Å². The van der Waals surface area contributed by atoms with Gasteiger partial charge >= 0.3 is 0 Å². The predicted molar refractivity (Wildman–Crippen MR) is 88.0 cm³/mol. The van der Waals surface area contributed by atoms with Crippen molar-refractivity contribution in [3.8, 4) is 11.1 Å². The molecule has 0 amide bonds. The van der Waals surface area contributed by atoms with E-state index in [4.69, 9.17) is 0 Å². The minimum Gasteiger partial charge on any atom is -0.294 e. The molecule has 1 nitrogen and oxygen atoms in total. The van der Waals surface area contributed by atoms with Crippen molar-refractivity contribution >= 4 is 21.7 Å². The van der Waals surface area contributed by atoms with Crippen LogP contribution in [0.2, 0.25) is 0 Å². The third-order valence-corrected chi connectivity index (χ3v) is 3.73. The van der Waals surface area contributed by atoms with E-state index in [0.717, 1.165) is 34.0 Å². The van der Waals surface area contributed by atoms with Crippen molar-refractivity contribution in [3.05, 3.63) is 71.2 Å². The quantitative estimate of drug-likeness (QED) is 0.380. The van der Waals surface area contributed by atoms with E-state index in [2.05, 4.69) is 34.6 Å². The standard InChI is InChI=1S/C18H17BrO/c1-2-3-4-5-18(20)16-8-6-14(7-9-16)15-10-12-17(19)13-11-15/h2,6-13H,1,3-5H2. The second-order valence-corrected chi connectivity index (χ2v) is 5.60. The normalized spacial score (nSPS) is 10.2. The van der Waals surface area contributed by atoms with E-state index in [-0.39, 0.29) is 5.78 Å². The second kappa shape index (κ2) is 7.20. The van der Waals surface area contributed by atoms with Gasteiger partial charge in [-0.1, -0.05) is 58.4 Å². The number of unbranched alkanes of at least 4 members (excludes halogenated alkanes) is 1. The molecule has 20 heavy (non-hydrogen) atoms. The summed E-state index contributed by atoms with van der Waals surface area (Å²) in [5, 5.41) is 0. The fourth-order valence-electron chi connectivity index (χ4n) is 2.04. The van der Waals surface area contributed by atoms with Gasteiger partial charge in [0.15, 0.2) is 5.78 Å². The van der Waals surface area contributed by atoms with Crippen LogP contribution in [0.25, 0.3) is 11.1 Å². The Bertz CT molecular complexity index is 582. The molecule has 0 aromatic heterocycles. The third kappa shape index (κ3) is 3.91. The summed E-state index contributed by atoms with van der Waals surface area (Å²) in [5.41, 5.74) is 3.06. The fraction of sp³-hybridized carbons (Fsp3) is 0.167. The van der Waals surface area contributed by atoms with Crippen molar-refractivity contribution in [2.24, 2.45) is 0 Å². The number of allylic oxidation sites excluding steroid dienone is 1. The van der Waals surface area contributed by atoms with E-state index in [1.54, 1.807) is 0 Å². The highest BCUT2D eigenvalue weighted by Crippen LogP contribution is 2.22. The highest BCUT2D eigenvalue weighted by atomic mass is 79.9. The topological polar surface area (TPSA) is 17.1 Å². The molecule has 2 aromatic rings. The molecule has 0 heterocycles. The number of benzene rings is 2. The van der Waals surface area contributed by atoms with Crippen LogP contribution in [0.5, 0.6) is 0 Å². The molecule has 0 fully saturated rings. The van der Waals surface area contributed by atoms with Gasteiger partial charge in [0.05, 0.1) is 0 Å². The second-order valence-electron chi connectivity index (χ2n) is 4.69. The number of carbonyl (C=O) groups excluding carboxylic acids is 1. The number of ketones is 1. The minimum atomic E-state index is 0.203. The summed E-state index contributed by atoms with van der Waals surface area (Å²) in [5.74, 6) is 0.203. The zero-order valence-electron chi connectivity index (χ0n) is 11.3. The number of rotatable bonds is 6. The summed E-state index contributed by atoms with van der Waals surface area (Å²) in [6, 6.07) is 16.0. The Kier molecular flexibility index (Phi) is 5.31. The summed E-state index contributed by atoms with van der Waals surface area (Å²) in [6.07, 6.45) is 4.20. The predicted octanol–water partition coefficient (Wildman–Crippen LogP) is 5.66. The van der Waals surface area contributed by atoms with E-state index in [1.807, 2.05) is 42.5 Å². The van der Waals surface area contributed by atoms with Gasteiger partial charge in [0.25, 0.3) is 0 Å². The first-order valence-corrected chi connectivity index (χ1v) is 7.50. The Morgan fingerprint density at radius 2 is 1.55 bits per heavy atom. The van der Waals surface area contributed by atoms with Crippen LogP contribution >= 0.6 is 15.9 Å². The molecule has 0 atom stereocenters. The number of carbonyl (C=O) groups is 1. The Hall–Kier alpha value is -1.67. The molecule has 0 radical (unpaired) electrons. The Balaban J connectivity index is 2.07. The lowest BCUT2D eigenvalue weighted by molar-refractivity contribution is 0.0980. The number of halogens is 1. The average Bonchev–Trinajstić information content (AvgIpc) is 2.48. The Morgan fingerprint density at radius 1 is 1.00 bits per heavy atom. The maximum Gasteiger partial charge on any atom is 0.162 e. The molecule has 2 rings (SSSR count). The molecule has 0 aliphatic heterocycles. The molecule has 0 saturated carbocycles. The summed E-state index contributed by atoms with van der Waals surface area (Å²) < 4.78 is 1.07. The first-order chi connectivity index (χ1) is 9.70. The fourth-order valence-corrected chi connectivity index (χ4v) is 2.31. The molecule has 2 aromatic carbocycles. The molecule has 0 aliphatic carbocycles. The van der Waals surface area contributed by atoms with Crippen molar-refractivity contribution < 1.29 is 4.79 Å². The summed E-state index contributed by atoms with van der Waals surface area (Å²) in [6.45, 7) is 3.67. The monoisotopic (exact) mass is 328 g/mol. The lowest BCUT2D eigenvalue weighted by Crippen LogP contribution is -1.98. The average molecular weight is 329 g/mol. The molecule has 0 unspecified atom stereocenters. The van der Waals surface area contributed by atoms with Crippen molar-refractivity contribution in [3.63, 3.8) is 0 Å². The third-order valence-electron chi connectivity index (χ3n) is 3.20. The maximum absolute atomic E-state index is 12.0. The SMILES string of the molecule is C=CCCCC(=O)c1ccc(-c2ccc(Br)cc2)cc1. The summed E-state index contributed by atoms with van der Waals surface area (Å²) >= 11 is 3.43. The van der Waals surface area contributed by atoms with Crippen LogP contribution in [0.3, 0.4) is 0 Å². The van der Waals surface area contributed by atoms with E-state index < -0.39 is 0 Å². The smallest absolute Gasteiger partial charge is 0.162 e.